The second kappa shape index (κ2) is 18.4. The van der Waals surface area contributed by atoms with E-state index in [0.717, 1.165) is 48.3 Å². The van der Waals surface area contributed by atoms with Crippen LogP contribution in [0.2, 0.25) is 0 Å². The van der Waals surface area contributed by atoms with Crippen LogP contribution in [0.15, 0.2) is 58.5 Å². The third-order valence-corrected chi connectivity index (χ3v) is 5.92. The Hall–Kier alpha value is -2.95. The number of aromatic hydroxyl groups is 2. The van der Waals surface area contributed by atoms with Gasteiger partial charge in [-0.25, -0.2) is 13.2 Å². The minimum absolute atomic E-state index is 0. The van der Waals surface area contributed by atoms with E-state index in [1.165, 1.54) is 12.8 Å². The number of aryl methyl sites for hydroxylation is 4. The van der Waals surface area contributed by atoms with Crippen molar-refractivity contribution in [3.05, 3.63) is 95.1 Å². The largest absolute Gasteiger partial charge is 0.552 e. The van der Waals surface area contributed by atoms with Crippen molar-refractivity contribution in [1.82, 2.24) is 0 Å². The normalized spacial score (nSPS) is 14.1. The maximum absolute atomic E-state index is 10.3. The fraction of sp³-hybridized carbons (Fsp3) is 0.333. The Morgan fingerprint density at radius 2 is 1.10 bits per heavy atom. The molecule has 0 radical (unpaired) electrons. The van der Waals surface area contributed by atoms with Gasteiger partial charge in [-0.1, -0.05) is 44.5 Å². The van der Waals surface area contributed by atoms with Crippen LogP contribution < -0.4 is 0 Å². The summed E-state index contributed by atoms with van der Waals surface area (Å²) < 4.78 is 9.64. The van der Waals surface area contributed by atoms with Crippen molar-refractivity contribution in [3.63, 3.8) is 0 Å². The van der Waals surface area contributed by atoms with E-state index in [0.29, 0.717) is 22.5 Å². The number of aliphatic imine (C=N–C) groups is 2. The van der Waals surface area contributed by atoms with Gasteiger partial charge in [-0.15, -0.1) is 0 Å². The second-order valence-corrected chi connectivity index (χ2v) is 9.40. The van der Waals surface area contributed by atoms with Gasteiger partial charge in [0.2, 0.25) is 0 Å². The Morgan fingerprint density at radius 3 is 1.40 bits per heavy atom. The summed E-state index contributed by atoms with van der Waals surface area (Å²) in [7, 11) is 0. The number of nitrogens with zero attached hydrogens (tertiary/aromatic N) is 2. The summed E-state index contributed by atoms with van der Waals surface area (Å²) in [5, 5.41) is 20.5. The molecular formula is C33H42CrN2O4-2. The van der Waals surface area contributed by atoms with Crippen LogP contribution in [0, 0.1) is 40.9 Å². The number of ether oxygens (including phenoxy) is 2. The summed E-state index contributed by atoms with van der Waals surface area (Å²) in [6, 6.07) is 15.2. The smallest absolute Gasteiger partial charge is 0.127 e. The zero-order valence-corrected chi connectivity index (χ0v) is 24.5. The molecule has 5 rings (SSSR count). The number of rotatable bonds is 4. The molecule has 2 aliphatic heterocycles. The van der Waals surface area contributed by atoms with Crippen molar-refractivity contribution in [2.45, 2.75) is 60.8 Å². The second-order valence-electron chi connectivity index (χ2n) is 9.40. The fourth-order valence-electron chi connectivity index (χ4n) is 3.98. The van der Waals surface area contributed by atoms with Crippen LogP contribution >= 0.6 is 0 Å². The van der Waals surface area contributed by atoms with Crippen molar-refractivity contribution < 1.29 is 37.0 Å². The average molecular weight is 583 g/mol. The molecule has 0 atom stereocenters. The Kier molecular flexibility index (Phi) is 16.1. The average Bonchev–Trinajstić information content (AvgIpc) is 3.67. The van der Waals surface area contributed by atoms with Crippen LogP contribution in [-0.4, -0.2) is 35.9 Å². The van der Waals surface area contributed by atoms with Gasteiger partial charge in [0.1, 0.15) is 11.5 Å². The first-order valence-corrected chi connectivity index (χ1v) is 13.0. The molecule has 0 saturated carbocycles. The van der Waals surface area contributed by atoms with Crippen LogP contribution in [0.4, 0.5) is 11.4 Å². The molecule has 0 unspecified atom stereocenters. The minimum atomic E-state index is 0. The van der Waals surface area contributed by atoms with E-state index in [1.807, 2.05) is 89.4 Å². The quantitative estimate of drug-likeness (QED) is 0.239. The molecule has 0 aliphatic carbocycles. The summed E-state index contributed by atoms with van der Waals surface area (Å²) in [6.45, 7) is 13.3. The first kappa shape index (κ1) is 35.1. The topological polar surface area (TPSA) is 83.6 Å². The molecule has 2 heterocycles. The van der Waals surface area contributed by atoms with Gasteiger partial charge < -0.3 is 19.7 Å². The van der Waals surface area contributed by atoms with Crippen molar-refractivity contribution in [2.75, 3.05) is 13.2 Å². The van der Waals surface area contributed by atoms with E-state index in [1.54, 1.807) is 12.4 Å². The number of para-hydroxylation sites is 2. The summed E-state index contributed by atoms with van der Waals surface area (Å²) in [5.74, 6) is 0.464. The van der Waals surface area contributed by atoms with E-state index in [-0.39, 0.29) is 36.3 Å². The molecule has 0 spiro atoms. The predicted octanol–water partition coefficient (Wildman–Crippen LogP) is 8.38. The van der Waals surface area contributed by atoms with Gasteiger partial charge in [0.15, 0.2) is 0 Å². The van der Waals surface area contributed by atoms with Gasteiger partial charge in [0.25, 0.3) is 0 Å². The molecule has 0 aromatic heterocycles. The van der Waals surface area contributed by atoms with E-state index >= 15 is 0 Å². The number of phenolic OH excluding ortho intramolecular Hbond substituents is 2. The van der Waals surface area contributed by atoms with Gasteiger partial charge >= 0.3 is 0 Å². The first-order valence-electron chi connectivity index (χ1n) is 13.0. The van der Waals surface area contributed by atoms with Crippen molar-refractivity contribution in [3.8, 4) is 11.5 Å². The summed E-state index contributed by atoms with van der Waals surface area (Å²) >= 11 is 0. The first-order chi connectivity index (χ1) is 18.3. The van der Waals surface area contributed by atoms with Gasteiger partial charge in [-0.05, 0) is 74.2 Å². The van der Waals surface area contributed by atoms with Crippen molar-refractivity contribution in [1.29, 1.82) is 0 Å². The zero-order chi connectivity index (χ0) is 27.3. The summed E-state index contributed by atoms with van der Waals surface area (Å²) in [5.41, 5.74) is 6.46. The van der Waals surface area contributed by atoms with Crippen LogP contribution in [0.5, 0.6) is 11.5 Å². The van der Waals surface area contributed by atoms with E-state index < -0.39 is 0 Å². The molecule has 2 saturated heterocycles. The third kappa shape index (κ3) is 11.3. The standard InChI is InChI=1S/C24H24N2O2.2C4H7O.CH4.Cr/c1-15-9-17(3)23(27)19(11-15)13-25-21-7-5-6-8-22(21)26-14-20-12-16(2)10-18(4)24(20)28;2*1-2-4-5-3-1;;/h5-14,27-28H,1-4H3;2*3H,1-2,4H2;1H4;/q;2*-1;;. The Labute approximate surface area is 251 Å². The SMILES string of the molecule is C.Cc1cc(C)c(O)c(C=Nc2ccccc2N=Cc2cc(C)cc(C)c2O)c1.[CH-]1CCCO1.[CH-]1CCCO1.[Cr]. The Morgan fingerprint density at radius 1 is 0.700 bits per heavy atom. The summed E-state index contributed by atoms with van der Waals surface area (Å²) in [4.78, 5) is 9.06. The molecule has 2 aliphatic rings. The number of hydrogen-bond acceptors (Lipinski definition) is 6. The molecule has 2 fully saturated rings. The predicted molar refractivity (Wildman–Crippen MR) is 162 cm³/mol. The molecule has 3 aromatic rings. The van der Waals surface area contributed by atoms with E-state index in [9.17, 15) is 10.2 Å². The maximum Gasteiger partial charge on any atom is 0.127 e. The summed E-state index contributed by atoms with van der Waals surface area (Å²) in [6.07, 6.45) is 8.05. The number of benzene rings is 3. The van der Waals surface area contributed by atoms with Gasteiger partial charge in [-0.2, -0.15) is 12.8 Å². The maximum atomic E-state index is 10.3. The van der Waals surface area contributed by atoms with E-state index in [2.05, 4.69) is 9.98 Å². The van der Waals surface area contributed by atoms with Crippen LogP contribution in [0.3, 0.4) is 0 Å². The van der Waals surface area contributed by atoms with E-state index in [4.69, 9.17) is 9.47 Å². The van der Waals surface area contributed by atoms with Gasteiger partial charge in [0, 0.05) is 54.1 Å². The van der Waals surface area contributed by atoms with Crippen LogP contribution in [0.1, 0.15) is 66.5 Å². The Bertz CT molecular complexity index is 1140. The molecule has 40 heavy (non-hydrogen) atoms. The molecule has 2 N–H and O–H groups in total. The van der Waals surface area contributed by atoms with Crippen molar-refractivity contribution in [2.24, 2.45) is 9.98 Å². The molecular weight excluding hydrogens is 540 g/mol. The van der Waals surface area contributed by atoms with Gasteiger partial charge in [-0.3, -0.25) is 9.98 Å². The molecule has 0 amide bonds. The Balaban J connectivity index is 0.000000557. The van der Waals surface area contributed by atoms with Crippen LogP contribution in [-0.2, 0) is 26.8 Å². The molecule has 0 bridgehead atoms. The molecule has 216 valence electrons. The third-order valence-electron chi connectivity index (χ3n) is 5.92. The van der Waals surface area contributed by atoms with Gasteiger partial charge in [0.05, 0.1) is 11.4 Å². The van der Waals surface area contributed by atoms with Crippen molar-refractivity contribution >= 4 is 23.8 Å². The minimum Gasteiger partial charge on any atom is -0.552 e. The van der Waals surface area contributed by atoms with Crippen LogP contribution in [0.25, 0.3) is 0 Å². The zero-order valence-electron chi connectivity index (χ0n) is 23.2. The number of hydrogen-bond donors (Lipinski definition) is 2. The number of phenols is 2. The molecule has 7 heteroatoms. The monoisotopic (exact) mass is 582 g/mol. The fourth-order valence-corrected chi connectivity index (χ4v) is 3.98. The molecule has 6 nitrogen and oxygen atoms in total. The molecule has 3 aromatic carbocycles.